The second kappa shape index (κ2) is 8.23. The van der Waals surface area contributed by atoms with E-state index >= 15 is 0 Å². The number of hydrogen-bond acceptors (Lipinski definition) is 5. The number of hydrogen-bond donors (Lipinski definition) is 1. The van der Waals surface area contributed by atoms with Crippen molar-refractivity contribution in [1.29, 1.82) is 0 Å². The molecule has 0 radical (unpaired) electrons. The highest BCUT2D eigenvalue weighted by molar-refractivity contribution is 7.10. The lowest BCUT2D eigenvalue weighted by atomic mass is 10.1. The lowest BCUT2D eigenvalue weighted by Crippen LogP contribution is -2.37. The molecule has 4 rings (SSSR count). The van der Waals surface area contributed by atoms with E-state index in [0.717, 1.165) is 17.8 Å². The van der Waals surface area contributed by atoms with E-state index in [1.807, 2.05) is 23.6 Å². The van der Waals surface area contributed by atoms with E-state index in [1.54, 1.807) is 11.3 Å². The van der Waals surface area contributed by atoms with E-state index in [1.165, 1.54) is 29.4 Å². The van der Waals surface area contributed by atoms with E-state index in [-0.39, 0.29) is 28.2 Å². The number of nitrogens with one attached hydrogen (secondary N) is 1. The Hall–Kier alpha value is -2.90. The molecule has 1 aromatic heterocycles. The first-order valence-corrected chi connectivity index (χ1v) is 10.4. The van der Waals surface area contributed by atoms with Gasteiger partial charge in [-0.05, 0) is 35.6 Å². The lowest BCUT2D eigenvalue weighted by molar-refractivity contribution is -0.384. The summed E-state index contributed by atoms with van der Waals surface area (Å²) in [5, 5.41) is 15.9. The summed E-state index contributed by atoms with van der Waals surface area (Å²) in [5.41, 5.74) is 2.58. The number of nitro benzene ring substituents is 1. The molecule has 0 bridgehead atoms. The van der Waals surface area contributed by atoms with Crippen molar-refractivity contribution in [1.82, 2.24) is 5.32 Å². The van der Waals surface area contributed by atoms with Crippen LogP contribution in [0.3, 0.4) is 0 Å². The number of carbonyl (C=O) groups is 1. The van der Waals surface area contributed by atoms with Crippen molar-refractivity contribution >= 4 is 40.2 Å². The van der Waals surface area contributed by atoms with Gasteiger partial charge in [0.1, 0.15) is 0 Å². The monoisotopic (exact) mass is 427 g/mol. The molecule has 2 aromatic carbocycles. The Balaban J connectivity index is 1.54. The number of thiophene rings is 1. The second-order valence-corrected chi connectivity index (χ2v) is 8.12. The predicted molar refractivity (Wildman–Crippen MR) is 115 cm³/mol. The molecule has 1 unspecified atom stereocenters. The molecule has 0 saturated heterocycles. The van der Waals surface area contributed by atoms with Gasteiger partial charge in [-0.2, -0.15) is 0 Å². The quantitative estimate of drug-likeness (QED) is 0.451. The smallest absolute Gasteiger partial charge is 0.270 e. The number of amides is 1. The van der Waals surface area contributed by atoms with Crippen molar-refractivity contribution in [2.75, 3.05) is 18.0 Å². The van der Waals surface area contributed by atoms with Crippen molar-refractivity contribution in [3.8, 4) is 0 Å². The van der Waals surface area contributed by atoms with Crippen molar-refractivity contribution in [3.63, 3.8) is 0 Å². The maximum absolute atomic E-state index is 12.7. The molecule has 148 valence electrons. The highest BCUT2D eigenvalue weighted by Gasteiger charge is 2.28. The molecule has 29 heavy (non-hydrogen) atoms. The average Bonchev–Trinajstić information content (AvgIpc) is 3.39. The minimum absolute atomic E-state index is 0.000533. The van der Waals surface area contributed by atoms with Gasteiger partial charge in [-0.15, -0.1) is 11.3 Å². The molecular formula is C21H18ClN3O3S. The van der Waals surface area contributed by atoms with Crippen LogP contribution >= 0.6 is 22.9 Å². The summed E-state index contributed by atoms with van der Waals surface area (Å²) in [6, 6.07) is 16.3. The standard InChI is InChI=1S/C21H18ClN3O3S/c22-17-12-15(25(27)28)7-8-16(17)21(26)23-13-19(20-6-3-11-29-20)24-10-9-14-4-1-2-5-18(14)24/h1-8,11-12,19H,9-10,13H2,(H,23,26). The summed E-state index contributed by atoms with van der Waals surface area (Å²) in [6.07, 6.45) is 0.972. The molecule has 1 aliphatic heterocycles. The molecule has 2 heterocycles. The van der Waals surface area contributed by atoms with Gasteiger partial charge in [-0.3, -0.25) is 14.9 Å². The Bertz CT molecular complexity index is 1060. The fraction of sp³-hybridized carbons (Fsp3) is 0.190. The molecule has 1 aliphatic rings. The lowest BCUT2D eigenvalue weighted by Gasteiger charge is -2.30. The van der Waals surface area contributed by atoms with E-state index in [0.29, 0.717) is 6.54 Å². The van der Waals surface area contributed by atoms with E-state index in [4.69, 9.17) is 11.6 Å². The summed E-state index contributed by atoms with van der Waals surface area (Å²) in [5.74, 6) is -0.348. The summed E-state index contributed by atoms with van der Waals surface area (Å²) in [6.45, 7) is 1.29. The van der Waals surface area contributed by atoms with Gasteiger partial charge in [0, 0.05) is 35.8 Å². The normalized spacial score (nSPS) is 13.8. The predicted octanol–water partition coefficient (Wildman–Crippen LogP) is 4.84. The third-order valence-electron chi connectivity index (χ3n) is 5.04. The number of benzene rings is 2. The van der Waals surface area contributed by atoms with E-state index < -0.39 is 4.92 Å². The Morgan fingerprint density at radius 1 is 1.24 bits per heavy atom. The Morgan fingerprint density at radius 3 is 2.79 bits per heavy atom. The zero-order chi connectivity index (χ0) is 20.4. The molecule has 1 amide bonds. The van der Waals surface area contributed by atoms with Crippen LogP contribution in [-0.2, 0) is 6.42 Å². The summed E-state index contributed by atoms with van der Waals surface area (Å²) >= 11 is 7.76. The number of rotatable bonds is 6. The first-order valence-electron chi connectivity index (χ1n) is 9.14. The van der Waals surface area contributed by atoms with Crippen LogP contribution in [0.25, 0.3) is 0 Å². The van der Waals surface area contributed by atoms with Gasteiger partial charge in [-0.1, -0.05) is 35.9 Å². The third kappa shape index (κ3) is 3.97. The van der Waals surface area contributed by atoms with Gasteiger partial charge < -0.3 is 10.2 Å². The molecule has 0 spiro atoms. The number of halogens is 1. The zero-order valence-corrected chi connectivity index (χ0v) is 16.9. The fourth-order valence-corrected chi connectivity index (χ4v) is 4.72. The van der Waals surface area contributed by atoms with Crippen LogP contribution in [0.4, 0.5) is 11.4 Å². The molecule has 0 aliphatic carbocycles. The van der Waals surface area contributed by atoms with Crippen LogP contribution in [0.5, 0.6) is 0 Å². The maximum Gasteiger partial charge on any atom is 0.270 e. The first-order chi connectivity index (χ1) is 14.0. The topological polar surface area (TPSA) is 75.5 Å². The van der Waals surface area contributed by atoms with Gasteiger partial charge in [0.2, 0.25) is 0 Å². The third-order valence-corrected chi connectivity index (χ3v) is 6.32. The molecule has 3 aromatic rings. The number of nitrogens with zero attached hydrogens (tertiary/aromatic N) is 2. The van der Waals surface area contributed by atoms with E-state index in [2.05, 4.69) is 28.4 Å². The highest BCUT2D eigenvalue weighted by atomic mass is 35.5. The number of carbonyl (C=O) groups excluding carboxylic acids is 1. The SMILES string of the molecule is O=C(NCC(c1cccs1)N1CCc2ccccc21)c1ccc([N+](=O)[O-])cc1Cl. The number of anilines is 1. The number of non-ortho nitro benzene ring substituents is 1. The Morgan fingerprint density at radius 2 is 2.07 bits per heavy atom. The van der Waals surface area contributed by atoms with Crippen LogP contribution < -0.4 is 10.2 Å². The van der Waals surface area contributed by atoms with Crippen LogP contribution in [-0.4, -0.2) is 23.9 Å². The zero-order valence-electron chi connectivity index (χ0n) is 15.4. The largest absolute Gasteiger partial charge is 0.361 e. The highest BCUT2D eigenvalue weighted by Crippen LogP contribution is 2.36. The Labute approximate surface area is 176 Å². The van der Waals surface area contributed by atoms with Crippen molar-refractivity contribution < 1.29 is 9.72 Å². The number of fused-ring (bicyclic) bond motifs is 1. The molecule has 6 nitrogen and oxygen atoms in total. The van der Waals surface area contributed by atoms with Gasteiger partial charge >= 0.3 is 0 Å². The minimum atomic E-state index is -0.537. The van der Waals surface area contributed by atoms with Crippen LogP contribution in [0.15, 0.2) is 60.0 Å². The summed E-state index contributed by atoms with van der Waals surface area (Å²) in [4.78, 5) is 26.5. The Kier molecular flexibility index (Phi) is 5.51. The maximum atomic E-state index is 12.7. The molecule has 1 atom stereocenters. The van der Waals surface area contributed by atoms with Gasteiger partial charge in [0.05, 0.1) is 21.6 Å². The molecule has 0 fully saturated rings. The van der Waals surface area contributed by atoms with Gasteiger partial charge in [0.25, 0.3) is 11.6 Å². The minimum Gasteiger partial charge on any atom is -0.361 e. The van der Waals surface area contributed by atoms with Crippen molar-refractivity contribution in [3.05, 3.63) is 91.1 Å². The van der Waals surface area contributed by atoms with Crippen molar-refractivity contribution in [2.24, 2.45) is 0 Å². The summed E-state index contributed by atoms with van der Waals surface area (Å²) < 4.78 is 0. The first kappa shape index (κ1) is 19.4. The van der Waals surface area contributed by atoms with Crippen LogP contribution in [0.1, 0.15) is 26.8 Å². The van der Waals surface area contributed by atoms with Crippen LogP contribution in [0, 0.1) is 10.1 Å². The van der Waals surface area contributed by atoms with Crippen LogP contribution in [0.2, 0.25) is 5.02 Å². The molecule has 1 N–H and O–H groups in total. The van der Waals surface area contributed by atoms with E-state index in [9.17, 15) is 14.9 Å². The van der Waals surface area contributed by atoms with Crippen molar-refractivity contribution in [2.45, 2.75) is 12.5 Å². The molecular weight excluding hydrogens is 410 g/mol. The molecule has 8 heteroatoms. The van der Waals surface area contributed by atoms with Gasteiger partial charge in [-0.25, -0.2) is 0 Å². The number of nitro groups is 1. The number of para-hydroxylation sites is 1. The fourth-order valence-electron chi connectivity index (χ4n) is 3.62. The average molecular weight is 428 g/mol. The second-order valence-electron chi connectivity index (χ2n) is 6.73. The van der Waals surface area contributed by atoms with Gasteiger partial charge in [0.15, 0.2) is 0 Å². The summed E-state index contributed by atoms with van der Waals surface area (Å²) in [7, 11) is 0. The molecule has 0 saturated carbocycles.